The van der Waals surface area contributed by atoms with Gasteiger partial charge in [-0.1, -0.05) is 91.0 Å². The number of nitrogens with two attached hydrogens (primary N) is 1. The summed E-state index contributed by atoms with van der Waals surface area (Å²) in [6.45, 7) is 4.17. The standard InChI is InChI=1S/C58H69N7O14S/c59-57-64-52-51(54(69)65-57)62-47(39-61-52)38-60-46-20-18-41(19-21-46)53(68)63-50(56(72)73)23-22-48(66)17-10-25-74-27-29-76-31-33-78-35-36-79-34-32-77-30-28-75-26-24-49(67)37-42(55(70)71)40-80-58(43-11-4-1-5-12-43,44-13-6-2-7-14-44)45-15-8-3-9-16-45/h1-9,11-16,18-21,39,42,50,60H,10,17,22-38,40H2,(H,63,68)(H,70,71)(H,72,73)(H3,59,61,64,65,69)/t42-,50-/m0/s1. The van der Waals surface area contributed by atoms with E-state index < -0.39 is 40.1 Å². The molecule has 0 aliphatic rings. The van der Waals surface area contributed by atoms with Crippen LogP contribution in [-0.2, 0) is 58.9 Å². The number of thioether (sulfide) groups is 1. The maximum Gasteiger partial charge on any atom is 0.326 e. The molecule has 0 bridgehead atoms. The second-order valence-corrected chi connectivity index (χ2v) is 19.5. The molecule has 2 aromatic heterocycles. The van der Waals surface area contributed by atoms with Gasteiger partial charge in [-0.25, -0.2) is 14.8 Å². The van der Waals surface area contributed by atoms with Gasteiger partial charge in [0.25, 0.3) is 11.5 Å². The van der Waals surface area contributed by atoms with Gasteiger partial charge in [-0.05, 0) is 53.8 Å². The molecule has 6 aromatic rings. The molecule has 6 rings (SSSR count). The SMILES string of the molecule is Nc1nc2ncc(CNc3ccc(C(=O)N[C@@H](CCC(=O)CCCOCCOCCOCCOCCOCCOCCC(=O)C[C@@H](CSC(c4ccccc4)(c4ccccc4)c4ccccc4)C(=O)O)C(=O)O)cc3)nc2c(=O)[nH]1. The van der Waals surface area contributed by atoms with E-state index in [9.17, 15) is 39.0 Å². The Labute approximate surface area is 467 Å². The van der Waals surface area contributed by atoms with Crippen molar-refractivity contribution < 1.29 is 62.6 Å². The van der Waals surface area contributed by atoms with Crippen molar-refractivity contribution in [2.75, 3.05) is 96.1 Å². The van der Waals surface area contributed by atoms with Gasteiger partial charge >= 0.3 is 11.9 Å². The molecule has 0 fully saturated rings. The van der Waals surface area contributed by atoms with Gasteiger partial charge in [0.05, 0.1) is 102 Å². The van der Waals surface area contributed by atoms with Gasteiger partial charge in [0, 0.05) is 49.3 Å². The summed E-state index contributed by atoms with van der Waals surface area (Å²) in [5, 5.41) is 25.5. The summed E-state index contributed by atoms with van der Waals surface area (Å²) in [5.74, 6) is -3.91. The lowest BCUT2D eigenvalue weighted by atomic mass is 9.84. The van der Waals surface area contributed by atoms with Gasteiger partial charge in [-0.2, -0.15) is 4.98 Å². The second-order valence-electron chi connectivity index (χ2n) is 18.3. The van der Waals surface area contributed by atoms with Crippen LogP contribution in [0.3, 0.4) is 0 Å². The Morgan fingerprint density at radius 3 is 1.64 bits per heavy atom. The van der Waals surface area contributed by atoms with E-state index in [0.717, 1.165) is 16.7 Å². The van der Waals surface area contributed by atoms with Crippen LogP contribution in [-0.4, -0.2) is 151 Å². The first kappa shape index (κ1) is 61.8. The van der Waals surface area contributed by atoms with Gasteiger partial charge in [-0.3, -0.25) is 29.0 Å². The van der Waals surface area contributed by atoms with Crippen molar-refractivity contribution in [2.45, 2.75) is 55.9 Å². The van der Waals surface area contributed by atoms with Crippen molar-refractivity contribution in [2.24, 2.45) is 5.92 Å². The van der Waals surface area contributed by atoms with E-state index in [1.54, 1.807) is 12.1 Å². The molecule has 1 amide bonds. The molecular weight excluding hydrogens is 1050 g/mol. The van der Waals surface area contributed by atoms with Crippen LogP contribution in [0.25, 0.3) is 11.2 Å². The van der Waals surface area contributed by atoms with Crippen molar-refractivity contribution in [1.82, 2.24) is 25.3 Å². The molecule has 22 heteroatoms. The summed E-state index contributed by atoms with van der Waals surface area (Å²) in [6, 6.07) is 35.2. The fraction of sp³-hybridized carbons (Fsp3) is 0.397. The molecule has 0 unspecified atom stereocenters. The number of carboxylic acids is 2. The second kappa shape index (κ2) is 33.9. The minimum Gasteiger partial charge on any atom is -0.481 e. The summed E-state index contributed by atoms with van der Waals surface area (Å²) in [6.07, 6.45) is 2.03. The normalized spacial score (nSPS) is 12.2. The van der Waals surface area contributed by atoms with Crippen LogP contribution in [0.1, 0.15) is 71.3 Å². The number of hydrogen-bond donors (Lipinski definition) is 6. The van der Waals surface area contributed by atoms with Gasteiger partial charge < -0.3 is 55.0 Å². The van der Waals surface area contributed by atoms with E-state index in [-0.39, 0.29) is 91.9 Å². The maximum absolute atomic E-state index is 13.0. The zero-order valence-corrected chi connectivity index (χ0v) is 45.3. The molecule has 21 nitrogen and oxygen atoms in total. The summed E-state index contributed by atoms with van der Waals surface area (Å²) in [5.41, 5.74) is 9.60. The van der Waals surface area contributed by atoms with Crippen molar-refractivity contribution in [3.63, 3.8) is 0 Å². The zero-order valence-electron chi connectivity index (χ0n) is 44.5. The Balaban J connectivity index is 0.716. The molecule has 4 aromatic carbocycles. The van der Waals surface area contributed by atoms with Crippen LogP contribution in [0.4, 0.5) is 11.6 Å². The topological polar surface area (TPSA) is 303 Å². The lowest BCUT2D eigenvalue weighted by molar-refractivity contribution is -0.143. The van der Waals surface area contributed by atoms with Gasteiger partial charge in [0.2, 0.25) is 5.95 Å². The molecule has 80 heavy (non-hydrogen) atoms. The quantitative estimate of drug-likeness (QED) is 0.0187. The van der Waals surface area contributed by atoms with E-state index in [0.29, 0.717) is 83.9 Å². The third kappa shape index (κ3) is 20.3. The van der Waals surface area contributed by atoms with Crippen molar-refractivity contribution >= 4 is 64.0 Å². The Bertz CT molecular complexity index is 2830. The number of carboxylic acid groups (broad SMARTS) is 2. The predicted molar refractivity (Wildman–Crippen MR) is 300 cm³/mol. The number of carbonyl (C=O) groups is 5. The number of Topliss-reactive ketones (excluding diaryl/α,β-unsaturated/α-hetero) is 2. The van der Waals surface area contributed by atoms with Gasteiger partial charge in [0.1, 0.15) is 17.6 Å². The average Bonchev–Trinajstić information content (AvgIpc) is 3.49. The molecule has 0 aliphatic heterocycles. The van der Waals surface area contributed by atoms with E-state index in [4.69, 9.17) is 34.2 Å². The lowest BCUT2D eigenvalue weighted by Gasteiger charge is -2.36. The number of aliphatic carboxylic acids is 2. The van der Waals surface area contributed by atoms with Gasteiger partial charge in [-0.15, -0.1) is 11.8 Å². The summed E-state index contributed by atoms with van der Waals surface area (Å²) in [7, 11) is 0. The van der Waals surface area contributed by atoms with Crippen LogP contribution in [0, 0.1) is 5.92 Å². The number of aromatic nitrogens is 4. The third-order valence-electron chi connectivity index (χ3n) is 12.4. The van der Waals surface area contributed by atoms with E-state index in [1.807, 2.05) is 54.6 Å². The number of aromatic amines is 1. The monoisotopic (exact) mass is 1120 g/mol. The zero-order chi connectivity index (χ0) is 56.8. The molecule has 2 atom stereocenters. The maximum atomic E-state index is 13.0. The first-order valence-electron chi connectivity index (χ1n) is 26.3. The summed E-state index contributed by atoms with van der Waals surface area (Å²) in [4.78, 5) is 89.6. The number of hydrogen-bond acceptors (Lipinski definition) is 18. The molecule has 0 aliphatic carbocycles. The number of H-pyrrole nitrogens is 1. The molecular formula is C58H69N7O14S. The van der Waals surface area contributed by atoms with Crippen LogP contribution in [0.2, 0.25) is 0 Å². The fourth-order valence-corrected chi connectivity index (χ4v) is 9.88. The van der Waals surface area contributed by atoms with Crippen LogP contribution in [0.5, 0.6) is 0 Å². The highest BCUT2D eigenvalue weighted by atomic mass is 32.2. The summed E-state index contributed by atoms with van der Waals surface area (Å²) < 4.78 is 32.6. The number of anilines is 2. The first-order chi connectivity index (χ1) is 38.9. The Kier molecular flexibility index (Phi) is 26.2. The van der Waals surface area contributed by atoms with Crippen LogP contribution >= 0.6 is 11.8 Å². The fourth-order valence-electron chi connectivity index (χ4n) is 8.27. The Hall–Kier alpha value is -7.44. The molecule has 7 N–H and O–H groups in total. The predicted octanol–water partition coefficient (Wildman–Crippen LogP) is 6.09. The number of benzene rings is 4. The van der Waals surface area contributed by atoms with E-state index in [2.05, 4.69) is 67.0 Å². The highest BCUT2D eigenvalue weighted by Crippen LogP contribution is 2.49. The minimum atomic E-state index is -1.26. The largest absolute Gasteiger partial charge is 0.481 e. The van der Waals surface area contributed by atoms with Crippen molar-refractivity contribution in [1.29, 1.82) is 0 Å². The lowest BCUT2D eigenvalue weighted by Crippen LogP contribution is -2.41. The minimum absolute atomic E-state index is 0.0255. The number of nitrogens with one attached hydrogen (secondary N) is 3. The third-order valence-corrected chi connectivity index (χ3v) is 14.1. The summed E-state index contributed by atoms with van der Waals surface area (Å²) >= 11 is 1.53. The molecule has 0 spiro atoms. The van der Waals surface area contributed by atoms with Crippen LogP contribution < -0.4 is 21.9 Å². The highest BCUT2D eigenvalue weighted by Gasteiger charge is 2.38. The van der Waals surface area contributed by atoms with E-state index in [1.165, 1.54) is 30.1 Å². The highest BCUT2D eigenvalue weighted by molar-refractivity contribution is 8.00. The number of ketones is 2. The number of ether oxygens (including phenoxy) is 6. The number of nitrogen functional groups attached to an aromatic ring is 1. The number of amides is 1. The molecule has 2 heterocycles. The number of carbonyl (C=O) groups excluding carboxylic acids is 3. The number of nitrogens with zero attached hydrogens (tertiary/aromatic N) is 3. The van der Waals surface area contributed by atoms with Crippen molar-refractivity contribution in [3.8, 4) is 0 Å². The average molecular weight is 1120 g/mol. The van der Waals surface area contributed by atoms with Crippen LogP contribution in [0.15, 0.2) is 126 Å². The smallest absolute Gasteiger partial charge is 0.326 e. The molecule has 0 saturated carbocycles. The van der Waals surface area contributed by atoms with Crippen molar-refractivity contribution in [3.05, 3.63) is 160 Å². The Morgan fingerprint density at radius 1 is 0.613 bits per heavy atom. The number of rotatable bonds is 40. The van der Waals surface area contributed by atoms with E-state index >= 15 is 0 Å². The van der Waals surface area contributed by atoms with Gasteiger partial charge in [0.15, 0.2) is 11.2 Å². The Morgan fingerprint density at radius 2 is 1.12 bits per heavy atom. The number of fused-ring (bicyclic) bond motifs is 1. The molecule has 0 saturated heterocycles. The molecule has 0 radical (unpaired) electrons. The molecule has 426 valence electrons. The first-order valence-corrected chi connectivity index (χ1v) is 27.3.